The number of hydrogen-bond donors (Lipinski definition) is 9. The number of aliphatic hydroxyl groups excluding tert-OH is 2. The van der Waals surface area contributed by atoms with Crippen molar-refractivity contribution in [2.45, 2.75) is 98.9 Å². The number of carboxylic acid groups (broad SMARTS) is 1. The zero-order chi connectivity index (χ0) is 47.1. The fourth-order valence-electron chi connectivity index (χ4n) is 7.36. The first-order valence-electron chi connectivity index (χ1n) is 21.1. The first-order valence-corrected chi connectivity index (χ1v) is 23.3. The van der Waals surface area contributed by atoms with Crippen LogP contribution in [0.5, 0.6) is 11.5 Å². The predicted molar refractivity (Wildman–Crippen MR) is 248 cm³/mol. The lowest BCUT2D eigenvalue weighted by Crippen LogP contribution is -2.52. The first kappa shape index (κ1) is 50.7. The highest BCUT2D eigenvalue weighted by atomic mass is 127. The van der Waals surface area contributed by atoms with Crippen LogP contribution in [-0.4, -0.2) is 99.2 Å². The molecular weight excluding hydrogens is 1080 g/mol. The number of amides is 1. The van der Waals surface area contributed by atoms with Crippen molar-refractivity contribution in [1.82, 2.24) is 16.0 Å². The minimum Gasteiger partial charge on any atom is -0.493 e. The number of carbonyl (C=O) groups excluding carboxylic acids is 1. The molecule has 2 fully saturated rings. The second-order valence-electron chi connectivity index (χ2n) is 16.8. The van der Waals surface area contributed by atoms with Gasteiger partial charge in [0.25, 0.3) is 5.91 Å². The Labute approximate surface area is 400 Å². The Balaban J connectivity index is 0.000000190. The molecule has 19 heteroatoms. The van der Waals surface area contributed by atoms with Crippen molar-refractivity contribution in [3.63, 3.8) is 0 Å². The number of ether oxygens (including phenoxy) is 2. The van der Waals surface area contributed by atoms with Gasteiger partial charge in [-0.05, 0) is 155 Å². The lowest BCUT2D eigenvalue weighted by atomic mass is 9.98. The van der Waals surface area contributed by atoms with Crippen LogP contribution in [0.25, 0.3) is 0 Å². The molecule has 4 aromatic rings. The summed E-state index contributed by atoms with van der Waals surface area (Å²) in [7, 11) is 0. The molecule has 0 spiro atoms. The van der Waals surface area contributed by atoms with Gasteiger partial charge in [0.05, 0.1) is 31.5 Å². The summed E-state index contributed by atoms with van der Waals surface area (Å²) in [4.78, 5) is 22.2. The zero-order valence-corrected chi connectivity index (χ0v) is 39.4. The van der Waals surface area contributed by atoms with Gasteiger partial charge in [-0.15, -0.1) is 0 Å². The maximum absolute atomic E-state index is 13.7. The molecule has 0 bridgehead atoms. The number of fused-ring (bicyclic) bond motifs is 2. The third kappa shape index (κ3) is 14.7. The Kier molecular flexibility index (Phi) is 17.5. The molecule has 4 aliphatic rings. The fraction of sp³-hybridized carbons (Fsp3) is 0.435. The number of benzene rings is 4. The van der Waals surface area contributed by atoms with Crippen molar-refractivity contribution >= 4 is 57.1 Å². The number of aliphatic hydroxyl groups is 4. The molecule has 4 unspecified atom stereocenters. The van der Waals surface area contributed by atoms with Crippen LogP contribution in [0.3, 0.4) is 0 Å². The number of carbonyl (C=O) groups is 2. The summed E-state index contributed by atoms with van der Waals surface area (Å²) in [6.45, 7) is 1.57. The third-order valence-corrected chi connectivity index (χ3v) is 12.8. The molecule has 6 atom stereocenters. The molecule has 4 aromatic carbocycles. The summed E-state index contributed by atoms with van der Waals surface area (Å²) in [6.07, 6.45) is 1.37. The summed E-state index contributed by atoms with van der Waals surface area (Å²) in [5, 5.41) is 57.3. The molecule has 2 heterocycles. The van der Waals surface area contributed by atoms with Gasteiger partial charge in [0, 0.05) is 74.5 Å². The highest BCUT2D eigenvalue weighted by molar-refractivity contribution is 14.1. The van der Waals surface area contributed by atoms with Gasteiger partial charge >= 0.3 is 5.97 Å². The van der Waals surface area contributed by atoms with Crippen LogP contribution >= 0.6 is 45.2 Å². The Morgan fingerprint density at radius 2 is 1.11 bits per heavy atom. The Hall–Kier alpha value is -3.68. The third-order valence-electron chi connectivity index (χ3n) is 11.5. The van der Waals surface area contributed by atoms with Crippen molar-refractivity contribution in [1.29, 1.82) is 0 Å². The van der Waals surface area contributed by atoms with E-state index in [1.54, 1.807) is 0 Å². The standard InChI is InChI=1S/C23H25F2IN2O4.C19H21F2IN2O2.C4H6O3/c24-14-7-13(8-15(25)10-14)9-19(28-22(30)23(31)4-5-23)20(29)12-27-18-3-6-32-21-2-1-16(26)11-17(18)21;20-12-5-11(6-13(21)8-12)7-16(23)18(25)10-24-17-3-4-26-19-2-1-14(22)9-15(17)19;5-3(6)4(7)1-2-4/h1-2,7-8,10-11,18-20,27,29,31H,3-6,9,12H2,(H,28,30);1-2,5-6,8-9,16-18,24-25H,3-4,7,10,23H2;7H,1-2H2,(H,5,6)/t18-,19?,20?;16?,17-,18?;/m00./s1. The SMILES string of the molecule is NC(Cc1cc(F)cc(F)c1)C(O)CN[C@H]1CCOc2ccc(I)cc21.O=C(NC(Cc1cc(F)cc(F)c1)C(O)CN[C@H]1CCOc2ccc(I)cc21)C1(O)CC1.O=C(O)C1(O)CC1. The van der Waals surface area contributed by atoms with E-state index in [9.17, 15) is 42.5 Å². The number of aliphatic carboxylic acids is 1. The van der Waals surface area contributed by atoms with Gasteiger partial charge in [-0.3, -0.25) is 4.79 Å². The van der Waals surface area contributed by atoms with E-state index in [1.807, 2.05) is 30.3 Å². The summed E-state index contributed by atoms with van der Waals surface area (Å²) in [5.41, 5.74) is 6.07. The van der Waals surface area contributed by atoms with Crippen LogP contribution in [0.1, 0.15) is 72.9 Å². The number of rotatable bonds is 15. The van der Waals surface area contributed by atoms with Gasteiger partial charge in [-0.2, -0.15) is 0 Å². The van der Waals surface area contributed by atoms with E-state index in [2.05, 4.69) is 67.2 Å². The molecule has 0 radical (unpaired) electrons. The average molecular weight is 1130 g/mol. The van der Waals surface area contributed by atoms with Gasteiger partial charge in [-0.25, -0.2) is 22.4 Å². The molecule has 65 heavy (non-hydrogen) atoms. The highest BCUT2D eigenvalue weighted by Gasteiger charge is 2.49. The minimum atomic E-state index is -1.42. The molecule has 1 amide bonds. The van der Waals surface area contributed by atoms with Crippen molar-refractivity contribution in [2.75, 3.05) is 26.3 Å². The molecule has 2 aliphatic carbocycles. The molecule has 13 nitrogen and oxygen atoms in total. The summed E-state index contributed by atoms with van der Waals surface area (Å²) < 4.78 is 67.4. The normalized spacial score (nSPS) is 20.2. The largest absolute Gasteiger partial charge is 0.493 e. The molecule has 352 valence electrons. The first-order chi connectivity index (χ1) is 30.8. The fourth-order valence-corrected chi connectivity index (χ4v) is 8.39. The number of hydrogen-bond acceptors (Lipinski definition) is 11. The van der Waals surface area contributed by atoms with E-state index >= 15 is 0 Å². The molecule has 0 saturated heterocycles. The van der Waals surface area contributed by atoms with Crippen molar-refractivity contribution in [2.24, 2.45) is 5.73 Å². The van der Waals surface area contributed by atoms with E-state index in [4.69, 9.17) is 25.4 Å². The number of nitrogens with two attached hydrogens (primary N) is 1. The van der Waals surface area contributed by atoms with Crippen LogP contribution in [0.15, 0.2) is 72.8 Å². The molecule has 2 saturated carbocycles. The van der Waals surface area contributed by atoms with Gasteiger partial charge in [0.1, 0.15) is 40.4 Å². The van der Waals surface area contributed by atoms with Crippen LogP contribution < -0.4 is 31.2 Å². The van der Waals surface area contributed by atoms with E-state index < -0.39 is 70.6 Å². The number of halogens is 6. The highest BCUT2D eigenvalue weighted by Crippen LogP contribution is 2.37. The zero-order valence-electron chi connectivity index (χ0n) is 35.1. The van der Waals surface area contributed by atoms with E-state index in [-0.39, 0.29) is 38.0 Å². The van der Waals surface area contributed by atoms with Gasteiger partial charge in [0.2, 0.25) is 0 Å². The maximum Gasteiger partial charge on any atom is 0.335 e. The molecule has 8 rings (SSSR count). The predicted octanol–water partition coefficient (Wildman–Crippen LogP) is 5.11. The lowest BCUT2D eigenvalue weighted by Gasteiger charge is -2.30. The molecular formula is C46H52F4I2N4O9. The van der Waals surface area contributed by atoms with Crippen LogP contribution in [0.4, 0.5) is 17.6 Å². The van der Waals surface area contributed by atoms with E-state index in [0.717, 1.165) is 48.3 Å². The summed E-state index contributed by atoms with van der Waals surface area (Å²) in [6, 6.07) is 16.9. The van der Waals surface area contributed by atoms with Crippen molar-refractivity contribution in [3.8, 4) is 11.5 Å². The van der Waals surface area contributed by atoms with Gasteiger partial charge in [-0.1, -0.05) is 0 Å². The van der Waals surface area contributed by atoms with E-state index in [1.165, 1.54) is 24.3 Å². The molecule has 2 aliphatic heterocycles. The number of carboxylic acids is 1. The minimum absolute atomic E-state index is 0.0155. The summed E-state index contributed by atoms with van der Waals surface area (Å²) >= 11 is 4.48. The van der Waals surface area contributed by atoms with Crippen molar-refractivity contribution < 1.29 is 62.2 Å². The Morgan fingerprint density at radius 3 is 1.52 bits per heavy atom. The smallest absolute Gasteiger partial charge is 0.335 e. The van der Waals surface area contributed by atoms with Gasteiger partial charge in [0.15, 0.2) is 5.60 Å². The van der Waals surface area contributed by atoms with Crippen molar-refractivity contribution in [3.05, 3.63) is 125 Å². The Morgan fingerprint density at radius 1 is 0.677 bits per heavy atom. The second kappa shape index (κ2) is 22.4. The summed E-state index contributed by atoms with van der Waals surface area (Å²) in [5.74, 6) is -2.78. The van der Waals surface area contributed by atoms with Crippen LogP contribution in [0.2, 0.25) is 0 Å². The quantitative estimate of drug-likeness (QED) is 0.0562. The molecule has 10 N–H and O–H groups in total. The van der Waals surface area contributed by atoms with Crippen LogP contribution in [-0.2, 0) is 22.4 Å². The number of nitrogens with one attached hydrogen (secondary N) is 3. The molecule has 0 aromatic heterocycles. The van der Waals surface area contributed by atoms with E-state index in [0.29, 0.717) is 56.4 Å². The topological polar surface area (TPSA) is 216 Å². The van der Waals surface area contributed by atoms with Crippen LogP contribution in [0, 0.1) is 30.4 Å². The lowest BCUT2D eigenvalue weighted by molar-refractivity contribution is -0.149. The maximum atomic E-state index is 13.7. The monoisotopic (exact) mass is 1130 g/mol. The average Bonchev–Trinajstić information content (AvgIpc) is 4.19. The Bertz CT molecular complexity index is 2270. The second-order valence-corrected chi connectivity index (χ2v) is 19.3. The van der Waals surface area contributed by atoms with Gasteiger partial charge < -0.3 is 56.7 Å².